The smallest absolute Gasteiger partial charge is 0.259 e. The topological polar surface area (TPSA) is 72.9 Å². The monoisotopic (exact) mass is 244 g/mol. The quantitative estimate of drug-likeness (QED) is 0.858. The van der Waals surface area contributed by atoms with Crippen LogP contribution < -0.4 is 11.1 Å². The van der Waals surface area contributed by atoms with Crippen LogP contribution in [0.5, 0.6) is 0 Å². The summed E-state index contributed by atoms with van der Waals surface area (Å²) in [5.41, 5.74) is 8.69. The highest BCUT2D eigenvalue weighted by Crippen LogP contribution is 2.16. The van der Waals surface area contributed by atoms with Gasteiger partial charge in [-0.3, -0.25) is 9.48 Å². The van der Waals surface area contributed by atoms with E-state index < -0.39 is 0 Å². The second kappa shape index (κ2) is 5.01. The maximum Gasteiger partial charge on any atom is 0.259 e. The summed E-state index contributed by atoms with van der Waals surface area (Å²) >= 11 is 0. The van der Waals surface area contributed by atoms with Crippen LogP contribution in [-0.2, 0) is 13.6 Å². The third kappa shape index (κ3) is 2.26. The van der Waals surface area contributed by atoms with Gasteiger partial charge < -0.3 is 11.1 Å². The van der Waals surface area contributed by atoms with E-state index in [2.05, 4.69) is 10.4 Å². The maximum atomic E-state index is 12.1. The number of amides is 1. The highest BCUT2D eigenvalue weighted by molar-refractivity contribution is 6.05. The minimum Gasteiger partial charge on any atom is -0.326 e. The lowest BCUT2D eigenvalue weighted by atomic mass is 10.1. The fraction of sp³-hybridized carbons (Fsp3) is 0.231. The number of aryl methyl sites for hydroxylation is 1. The Balaban J connectivity index is 2.24. The molecule has 1 amide bonds. The molecule has 0 aliphatic heterocycles. The molecule has 0 fully saturated rings. The van der Waals surface area contributed by atoms with Gasteiger partial charge in [0.2, 0.25) is 0 Å². The Morgan fingerprint density at radius 3 is 2.78 bits per heavy atom. The van der Waals surface area contributed by atoms with E-state index >= 15 is 0 Å². The molecule has 2 rings (SSSR count). The van der Waals surface area contributed by atoms with Gasteiger partial charge in [0.05, 0.1) is 11.8 Å². The summed E-state index contributed by atoms with van der Waals surface area (Å²) in [5, 5.41) is 6.91. The fourth-order valence-corrected chi connectivity index (χ4v) is 1.73. The van der Waals surface area contributed by atoms with Gasteiger partial charge in [0.25, 0.3) is 5.91 Å². The van der Waals surface area contributed by atoms with Gasteiger partial charge in [0, 0.05) is 25.0 Å². The van der Waals surface area contributed by atoms with Crippen molar-refractivity contribution in [1.82, 2.24) is 9.78 Å². The van der Waals surface area contributed by atoms with Gasteiger partial charge in [0.1, 0.15) is 0 Å². The van der Waals surface area contributed by atoms with Crippen molar-refractivity contribution in [2.24, 2.45) is 12.8 Å². The molecule has 0 atom stereocenters. The molecule has 3 N–H and O–H groups in total. The van der Waals surface area contributed by atoms with Crippen molar-refractivity contribution in [3.8, 4) is 0 Å². The molecule has 0 aliphatic carbocycles. The third-order valence-corrected chi connectivity index (χ3v) is 2.97. The first kappa shape index (κ1) is 12.3. The number of carbonyl (C=O) groups is 1. The molecule has 1 aromatic heterocycles. The van der Waals surface area contributed by atoms with Gasteiger partial charge in [-0.2, -0.15) is 5.10 Å². The first-order valence-corrected chi connectivity index (χ1v) is 5.71. The summed E-state index contributed by atoms with van der Waals surface area (Å²) in [5.74, 6) is -0.165. The molecule has 1 aromatic carbocycles. The first-order chi connectivity index (χ1) is 8.63. The second-order valence-corrected chi connectivity index (χ2v) is 4.08. The Bertz CT molecular complexity index is 574. The summed E-state index contributed by atoms with van der Waals surface area (Å²) in [7, 11) is 1.81. The maximum absolute atomic E-state index is 12.1. The molecule has 2 aromatic rings. The van der Waals surface area contributed by atoms with Crippen molar-refractivity contribution >= 4 is 11.6 Å². The molecule has 94 valence electrons. The Hall–Kier alpha value is -2.14. The summed E-state index contributed by atoms with van der Waals surface area (Å²) in [6.45, 7) is 2.25. The minimum atomic E-state index is -0.165. The number of aromatic nitrogens is 2. The molecule has 0 bridgehead atoms. The van der Waals surface area contributed by atoms with E-state index in [1.165, 1.54) is 0 Å². The van der Waals surface area contributed by atoms with Crippen molar-refractivity contribution in [3.05, 3.63) is 47.3 Å². The number of hydrogen-bond acceptors (Lipinski definition) is 3. The zero-order chi connectivity index (χ0) is 13.1. The van der Waals surface area contributed by atoms with Gasteiger partial charge in [0.15, 0.2) is 0 Å². The standard InChI is InChI=1S/C13H16N4O/c1-9-11(8-15-17(9)2)13(18)16-12-6-4-3-5-10(12)7-14/h3-6,8H,7,14H2,1-2H3,(H,16,18). The largest absolute Gasteiger partial charge is 0.326 e. The minimum absolute atomic E-state index is 0.165. The molecule has 0 aliphatic rings. The molecule has 5 nitrogen and oxygen atoms in total. The number of rotatable bonds is 3. The molecule has 0 unspecified atom stereocenters. The van der Waals surface area contributed by atoms with Crippen molar-refractivity contribution in [3.63, 3.8) is 0 Å². The lowest BCUT2D eigenvalue weighted by Crippen LogP contribution is -2.15. The SMILES string of the molecule is Cc1c(C(=O)Nc2ccccc2CN)cnn1C. The number of hydrogen-bond donors (Lipinski definition) is 2. The van der Waals surface area contributed by atoms with Crippen molar-refractivity contribution in [1.29, 1.82) is 0 Å². The molecule has 0 saturated carbocycles. The van der Waals surface area contributed by atoms with Crippen LogP contribution in [0.15, 0.2) is 30.5 Å². The second-order valence-electron chi connectivity index (χ2n) is 4.08. The van der Waals surface area contributed by atoms with E-state index in [9.17, 15) is 4.79 Å². The van der Waals surface area contributed by atoms with E-state index in [0.717, 1.165) is 16.9 Å². The molecule has 18 heavy (non-hydrogen) atoms. The van der Waals surface area contributed by atoms with Crippen molar-refractivity contribution < 1.29 is 4.79 Å². The van der Waals surface area contributed by atoms with Gasteiger partial charge in [-0.15, -0.1) is 0 Å². The summed E-state index contributed by atoms with van der Waals surface area (Å²) < 4.78 is 1.67. The van der Waals surface area contributed by atoms with E-state index in [-0.39, 0.29) is 5.91 Å². The third-order valence-electron chi connectivity index (χ3n) is 2.97. The summed E-state index contributed by atoms with van der Waals surface area (Å²) in [4.78, 5) is 12.1. The Kier molecular flexibility index (Phi) is 3.43. The van der Waals surface area contributed by atoms with Gasteiger partial charge >= 0.3 is 0 Å². The van der Waals surface area contributed by atoms with Crippen molar-refractivity contribution in [2.45, 2.75) is 13.5 Å². The fourth-order valence-electron chi connectivity index (χ4n) is 1.73. The summed E-state index contributed by atoms with van der Waals surface area (Å²) in [6, 6.07) is 7.50. The number of carbonyl (C=O) groups excluding carboxylic acids is 1. The average molecular weight is 244 g/mol. The Labute approximate surface area is 106 Å². The van der Waals surface area contributed by atoms with E-state index in [1.54, 1.807) is 17.9 Å². The number of anilines is 1. The number of para-hydroxylation sites is 1. The van der Waals surface area contributed by atoms with Crippen LogP contribution in [0.3, 0.4) is 0 Å². The Morgan fingerprint density at radius 1 is 1.44 bits per heavy atom. The van der Waals surface area contributed by atoms with Crippen LogP contribution in [0.1, 0.15) is 21.6 Å². The van der Waals surface area contributed by atoms with Crippen LogP contribution >= 0.6 is 0 Å². The molecule has 5 heteroatoms. The molecule has 0 radical (unpaired) electrons. The lowest BCUT2D eigenvalue weighted by Gasteiger charge is -2.09. The zero-order valence-corrected chi connectivity index (χ0v) is 10.5. The first-order valence-electron chi connectivity index (χ1n) is 5.71. The van der Waals surface area contributed by atoms with Crippen LogP contribution in [0.25, 0.3) is 0 Å². The predicted molar refractivity (Wildman–Crippen MR) is 70.2 cm³/mol. The van der Waals surface area contributed by atoms with E-state index in [4.69, 9.17) is 5.73 Å². The van der Waals surface area contributed by atoms with Gasteiger partial charge in [-0.05, 0) is 18.6 Å². The Morgan fingerprint density at radius 2 is 2.17 bits per heavy atom. The van der Waals surface area contributed by atoms with E-state index in [0.29, 0.717) is 12.1 Å². The predicted octanol–water partition coefficient (Wildman–Crippen LogP) is 1.44. The van der Waals surface area contributed by atoms with Crippen LogP contribution in [-0.4, -0.2) is 15.7 Å². The molecular weight excluding hydrogens is 228 g/mol. The molecular formula is C13H16N4O. The van der Waals surface area contributed by atoms with Gasteiger partial charge in [-0.25, -0.2) is 0 Å². The number of nitrogens with two attached hydrogens (primary N) is 1. The average Bonchev–Trinajstić information content (AvgIpc) is 2.71. The van der Waals surface area contributed by atoms with Crippen LogP contribution in [0, 0.1) is 6.92 Å². The zero-order valence-electron chi connectivity index (χ0n) is 10.5. The lowest BCUT2D eigenvalue weighted by molar-refractivity contribution is 0.102. The van der Waals surface area contributed by atoms with Crippen LogP contribution in [0.2, 0.25) is 0 Å². The number of nitrogens with one attached hydrogen (secondary N) is 1. The molecule has 1 heterocycles. The van der Waals surface area contributed by atoms with E-state index in [1.807, 2.05) is 31.2 Å². The van der Waals surface area contributed by atoms with Gasteiger partial charge in [-0.1, -0.05) is 18.2 Å². The van der Waals surface area contributed by atoms with Crippen molar-refractivity contribution in [2.75, 3.05) is 5.32 Å². The number of nitrogens with zero attached hydrogens (tertiary/aromatic N) is 2. The summed E-state index contributed by atoms with van der Waals surface area (Å²) in [6.07, 6.45) is 1.57. The normalized spacial score (nSPS) is 10.4. The molecule has 0 spiro atoms. The highest BCUT2D eigenvalue weighted by Gasteiger charge is 2.13. The van der Waals surface area contributed by atoms with Crippen LogP contribution in [0.4, 0.5) is 5.69 Å². The highest BCUT2D eigenvalue weighted by atomic mass is 16.1. The molecule has 0 saturated heterocycles. The number of benzene rings is 1.